The van der Waals surface area contributed by atoms with Gasteiger partial charge in [0.05, 0.1) is 18.1 Å². The lowest BCUT2D eigenvalue weighted by Gasteiger charge is -2.03. The first-order valence-corrected chi connectivity index (χ1v) is 5.45. The lowest BCUT2D eigenvalue weighted by Crippen LogP contribution is -2.08. The molecule has 0 aromatic carbocycles. The molecule has 0 aliphatic rings. The number of halogens is 1. The summed E-state index contributed by atoms with van der Waals surface area (Å²) in [6, 6.07) is 0. The Bertz CT molecular complexity index is 382. The molecule has 0 fully saturated rings. The van der Waals surface area contributed by atoms with Crippen LogP contribution < -0.4 is 0 Å². The standard InChI is InChI=1S/C11H16ClNO2/c1-5-15-11(14)10-8(3)13(4)7(2)9(10)6-12/h5-6H2,1-4H3. The topological polar surface area (TPSA) is 31.2 Å². The van der Waals surface area contributed by atoms with Crippen molar-refractivity contribution in [1.29, 1.82) is 0 Å². The molecule has 0 aliphatic heterocycles. The maximum Gasteiger partial charge on any atom is 0.340 e. The van der Waals surface area contributed by atoms with E-state index in [0.717, 1.165) is 17.0 Å². The molecule has 0 N–H and O–H groups in total. The Morgan fingerprint density at radius 3 is 2.47 bits per heavy atom. The molecule has 4 heteroatoms. The Balaban J connectivity index is 3.27. The van der Waals surface area contributed by atoms with E-state index in [-0.39, 0.29) is 5.97 Å². The monoisotopic (exact) mass is 229 g/mol. The van der Waals surface area contributed by atoms with Gasteiger partial charge in [0.25, 0.3) is 0 Å². The van der Waals surface area contributed by atoms with Crippen molar-refractivity contribution in [2.75, 3.05) is 6.61 Å². The highest BCUT2D eigenvalue weighted by atomic mass is 35.5. The van der Waals surface area contributed by atoms with Crippen molar-refractivity contribution in [3.05, 3.63) is 22.5 Å². The first kappa shape index (κ1) is 12.1. The minimum atomic E-state index is -0.283. The maximum atomic E-state index is 11.7. The molecule has 0 radical (unpaired) electrons. The molecule has 0 bridgehead atoms. The van der Waals surface area contributed by atoms with Gasteiger partial charge < -0.3 is 9.30 Å². The summed E-state index contributed by atoms with van der Waals surface area (Å²) in [5, 5.41) is 0. The van der Waals surface area contributed by atoms with Crippen LogP contribution in [0.5, 0.6) is 0 Å². The van der Waals surface area contributed by atoms with E-state index in [1.54, 1.807) is 6.92 Å². The Kier molecular flexibility index (Phi) is 3.80. The van der Waals surface area contributed by atoms with Gasteiger partial charge in [0, 0.05) is 24.0 Å². The van der Waals surface area contributed by atoms with Crippen LogP contribution in [0.1, 0.15) is 34.2 Å². The summed E-state index contributed by atoms with van der Waals surface area (Å²) in [5.74, 6) is 0.0520. The number of rotatable bonds is 3. The fraction of sp³-hybridized carbons (Fsp3) is 0.545. The minimum Gasteiger partial charge on any atom is -0.462 e. The second-order valence-corrected chi connectivity index (χ2v) is 3.70. The lowest BCUT2D eigenvalue weighted by molar-refractivity contribution is 0.0524. The predicted molar refractivity (Wildman–Crippen MR) is 60.4 cm³/mol. The summed E-state index contributed by atoms with van der Waals surface area (Å²) in [6.45, 7) is 6.03. The van der Waals surface area contributed by atoms with E-state index in [1.807, 2.05) is 25.5 Å². The zero-order valence-corrected chi connectivity index (χ0v) is 10.3. The summed E-state index contributed by atoms with van der Waals surface area (Å²) in [7, 11) is 1.92. The Morgan fingerprint density at radius 1 is 1.40 bits per heavy atom. The number of nitrogens with zero attached hydrogens (tertiary/aromatic N) is 1. The van der Waals surface area contributed by atoms with Crippen LogP contribution in [0.4, 0.5) is 0 Å². The van der Waals surface area contributed by atoms with Gasteiger partial charge in [0.15, 0.2) is 0 Å². The van der Waals surface area contributed by atoms with Crippen LogP contribution in [0.2, 0.25) is 0 Å². The van der Waals surface area contributed by atoms with Gasteiger partial charge in [-0.3, -0.25) is 0 Å². The molecule has 3 nitrogen and oxygen atoms in total. The van der Waals surface area contributed by atoms with E-state index in [4.69, 9.17) is 16.3 Å². The van der Waals surface area contributed by atoms with Crippen LogP contribution in [0.15, 0.2) is 0 Å². The van der Waals surface area contributed by atoms with Gasteiger partial charge in [0.2, 0.25) is 0 Å². The smallest absolute Gasteiger partial charge is 0.340 e. The van der Waals surface area contributed by atoms with Crippen LogP contribution in [0.25, 0.3) is 0 Å². The molecule has 0 saturated heterocycles. The van der Waals surface area contributed by atoms with Crippen molar-refractivity contribution in [3.63, 3.8) is 0 Å². The van der Waals surface area contributed by atoms with E-state index in [0.29, 0.717) is 18.1 Å². The molecule has 1 rings (SSSR count). The highest BCUT2D eigenvalue weighted by molar-refractivity contribution is 6.17. The van der Waals surface area contributed by atoms with Crippen molar-refractivity contribution >= 4 is 17.6 Å². The van der Waals surface area contributed by atoms with E-state index in [1.165, 1.54) is 0 Å². The summed E-state index contributed by atoms with van der Waals surface area (Å²) in [4.78, 5) is 11.7. The van der Waals surface area contributed by atoms with E-state index < -0.39 is 0 Å². The second kappa shape index (κ2) is 4.71. The normalized spacial score (nSPS) is 10.5. The minimum absolute atomic E-state index is 0.283. The largest absolute Gasteiger partial charge is 0.462 e. The lowest BCUT2D eigenvalue weighted by atomic mass is 10.1. The molecule has 1 heterocycles. The molecule has 0 unspecified atom stereocenters. The fourth-order valence-electron chi connectivity index (χ4n) is 1.66. The Labute approximate surface area is 95.0 Å². The van der Waals surface area contributed by atoms with Gasteiger partial charge in [0.1, 0.15) is 0 Å². The molecule has 0 saturated carbocycles. The number of carbonyl (C=O) groups is 1. The average Bonchev–Trinajstić information content (AvgIpc) is 2.42. The summed E-state index contributed by atoms with van der Waals surface area (Å²) < 4.78 is 6.97. The van der Waals surface area contributed by atoms with Gasteiger partial charge in [-0.05, 0) is 20.8 Å². The summed E-state index contributed by atoms with van der Waals surface area (Å²) in [6.07, 6.45) is 0. The number of hydrogen-bond acceptors (Lipinski definition) is 2. The summed E-state index contributed by atoms with van der Waals surface area (Å²) in [5.41, 5.74) is 3.41. The van der Waals surface area contributed by atoms with Crippen molar-refractivity contribution in [2.45, 2.75) is 26.7 Å². The molecule has 84 valence electrons. The van der Waals surface area contributed by atoms with Gasteiger partial charge >= 0.3 is 5.97 Å². The van der Waals surface area contributed by atoms with Crippen molar-refractivity contribution in [1.82, 2.24) is 4.57 Å². The maximum absolute atomic E-state index is 11.7. The molecule has 0 atom stereocenters. The highest BCUT2D eigenvalue weighted by Crippen LogP contribution is 2.23. The molecular weight excluding hydrogens is 214 g/mol. The number of esters is 1. The quantitative estimate of drug-likeness (QED) is 0.589. The van der Waals surface area contributed by atoms with Gasteiger partial charge in [-0.2, -0.15) is 0 Å². The third kappa shape index (κ3) is 2.02. The van der Waals surface area contributed by atoms with Gasteiger partial charge in [-0.25, -0.2) is 4.79 Å². The number of ether oxygens (including phenoxy) is 1. The first-order valence-electron chi connectivity index (χ1n) is 4.92. The fourth-order valence-corrected chi connectivity index (χ4v) is 1.99. The number of alkyl halides is 1. The molecule has 15 heavy (non-hydrogen) atoms. The third-order valence-electron chi connectivity index (χ3n) is 2.72. The average molecular weight is 230 g/mol. The summed E-state index contributed by atoms with van der Waals surface area (Å²) >= 11 is 5.85. The van der Waals surface area contributed by atoms with Crippen molar-refractivity contribution in [3.8, 4) is 0 Å². The van der Waals surface area contributed by atoms with Gasteiger partial charge in [-0.15, -0.1) is 11.6 Å². The molecule has 1 aromatic rings. The molecule has 0 amide bonds. The van der Waals surface area contributed by atoms with Crippen molar-refractivity contribution < 1.29 is 9.53 Å². The second-order valence-electron chi connectivity index (χ2n) is 3.44. The molecule has 0 spiro atoms. The molecule has 0 aliphatic carbocycles. The zero-order chi connectivity index (χ0) is 11.6. The van der Waals surface area contributed by atoms with Crippen LogP contribution in [0, 0.1) is 13.8 Å². The number of carbonyl (C=O) groups excluding carboxylic acids is 1. The molecular formula is C11H16ClNO2. The van der Waals surface area contributed by atoms with Crippen molar-refractivity contribution in [2.24, 2.45) is 7.05 Å². The molecule has 1 aromatic heterocycles. The zero-order valence-electron chi connectivity index (χ0n) is 9.56. The Hall–Kier alpha value is -0.960. The van der Waals surface area contributed by atoms with E-state index in [9.17, 15) is 4.79 Å². The highest BCUT2D eigenvalue weighted by Gasteiger charge is 2.21. The van der Waals surface area contributed by atoms with Crippen LogP contribution in [-0.4, -0.2) is 17.1 Å². The van der Waals surface area contributed by atoms with E-state index in [2.05, 4.69) is 0 Å². The SMILES string of the molecule is CCOC(=O)c1c(CCl)c(C)n(C)c1C. The first-order chi connectivity index (χ1) is 7.04. The predicted octanol–water partition coefficient (Wildman–Crippen LogP) is 2.56. The number of aromatic nitrogens is 1. The van der Waals surface area contributed by atoms with Gasteiger partial charge in [-0.1, -0.05) is 0 Å². The Morgan fingerprint density at radius 2 is 2.00 bits per heavy atom. The number of hydrogen-bond donors (Lipinski definition) is 0. The van der Waals surface area contributed by atoms with Crippen LogP contribution >= 0.6 is 11.6 Å². The van der Waals surface area contributed by atoms with Crippen LogP contribution in [-0.2, 0) is 17.7 Å². The third-order valence-corrected chi connectivity index (χ3v) is 2.99. The van der Waals surface area contributed by atoms with Crippen LogP contribution in [0.3, 0.4) is 0 Å². The van der Waals surface area contributed by atoms with E-state index >= 15 is 0 Å².